The van der Waals surface area contributed by atoms with Gasteiger partial charge in [-0.1, -0.05) is 0 Å². The summed E-state index contributed by atoms with van der Waals surface area (Å²) in [7, 11) is -3.87. The molecule has 0 spiro atoms. The molecule has 1 aromatic carbocycles. The molecule has 0 amide bonds. The monoisotopic (exact) mass is 326 g/mol. The summed E-state index contributed by atoms with van der Waals surface area (Å²) in [6.07, 6.45) is 0. The first-order valence-corrected chi connectivity index (χ1v) is 7.98. The minimum absolute atomic E-state index is 0.0120. The number of carbonyl (C=O) groups is 2. The molecule has 1 aromatic heterocycles. The number of hydrogen-bond donors (Lipinski definition) is 2. The minimum Gasteiger partial charge on any atom is -0.478 e. The van der Waals surface area contributed by atoms with Gasteiger partial charge in [-0.3, -0.25) is 9.52 Å². The van der Waals surface area contributed by atoms with E-state index in [-0.39, 0.29) is 27.1 Å². The van der Waals surface area contributed by atoms with Gasteiger partial charge in [-0.25, -0.2) is 18.2 Å². The van der Waals surface area contributed by atoms with Gasteiger partial charge in [0.2, 0.25) is 0 Å². The van der Waals surface area contributed by atoms with Crippen LogP contribution >= 0.6 is 11.3 Å². The van der Waals surface area contributed by atoms with E-state index in [0.29, 0.717) is 0 Å². The first-order chi connectivity index (χ1) is 9.79. The Morgan fingerprint density at radius 3 is 2.33 bits per heavy atom. The first kappa shape index (κ1) is 15.1. The summed E-state index contributed by atoms with van der Waals surface area (Å²) < 4.78 is 26.4. The van der Waals surface area contributed by atoms with Crippen molar-refractivity contribution in [1.29, 1.82) is 0 Å². The Bertz CT molecular complexity index is 793. The number of aromatic carboxylic acids is 1. The molecule has 110 valence electrons. The van der Waals surface area contributed by atoms with Crippen molar-refractivity contribution in [1.82, 2.24) is 4.98 Å². The number of Topliss-reactive ketones (excluding diaryl/α,β-unsaturated/α-hetero) is 1. The van der Waals surface area contributed by atoms with Crippen LogP contribution in [0.5, 0.6) is 0 Å². The van der Waals surface area contributed by atoms with Gasteiger partial charge < -0.3 is 5.11 Å². The second kappa shape index (κ2) is 5.62. The summed E-state index contributed by atoms with van der Waals surface area (Å²) in [5, 5.41) is 10.3. The fraction of sp³-hybridized carbons (Fsp3) is 0.0833. The molecule has 0 unspecified atom stereocenters. The van der Waals surface area contributed by atoms with Crippen molar-refractivity contribution in [3.05, 3.63) is 40.9 Å². The number of carboxylic acids is 1. The highest BCUT2D eigenvalue weighted by molar-refractivity contribution is 7.93. The molecule has 1 heterocycles. The molecular weight excluding hydrogens is 316 g/mol. The van der Waals surface area contributed by atoms with E-state index in [4.69, 9.17) is 5.11 Å². The zero-order valence-electron chi connectivity index (χ0n) is 10.7. The van der Waals surface area contributed by atoms with E-state index in [9.17, 15) is 18.0 Å². The fourth-order valence-electron chi connectivity index (χ4n) is 1.43. The number of nitrogens with one attached hydrogen (secondary N) is 1. The molecule has 0 aliphatic heterocycles. The topological polar surface area (TPSA) is 113 Å². The summed E-state index contributed by atoms with van der Waals surface area (Å²) in [6.45, 7) is 1.33. The molecular formula is C12H10N2O5S2. The number of ketones is 1. The third-order valence-corrected chi connectivity index (χ3v) is 4.74. The number of benzene rings is 1. The summed E-state index contributed by atoms with van der Waals surface area (Å²) in [6, 6.07) is 4.76. The molecule has 0 saturated carbocycles. The molecule has 7 nitrogen and oxygen atoms in total. The average Bonchev–Trinajstić information content (AvgIpc) is 2.87. The lowest BCUT2D eigenvalue weighted by molar-refractivity contribution is 0.0696. The summed E-state index contributed by atoms with van der Waals surface area (Å²) in [5.74, 6) is -1.40. The van der Waals surface area contributed by atoms with Gasteiger partial charge in [0, 0.05) is 12.3 Å². The molecule has 0 fully saturated rings. The van der Waals surface area contributed by atoms with Crippen LogP contribution in [0.1, 0.15) is 27.8 Å². The van der Waals surface area contributed by atoms with E-state index in [2.05, 4.69) is 9.71 Å². The predicted octanol–water partition coefficient (Wildman–Crippen LogP) is 1.84. The Balaban J connectivity index is 2.24. The van der Waals surface area contributed by atoms with E-state index >= 15 is 0 Å². The third kappa shape index (κ3) is 3.44. The Kier molecular flexibility index (Phi) is 4.05. The quantitative estimate of drug-likeness (QED) is 0.811. The number of sulfonamides is 1. The SMILES string of the molecule is CC(=O)c1csc(NS(=O)(=O)c2ccc(C(=O)O)cc2)n1. The number of aromatic nitrogens is 1. The van der Waals surface area contributed by atoms with Crippen molar-refractivity contribution in [2.45, 2.75) is 11.8 Å². The first-order valence-electron chi connectivity index (χ1n) is 5.62. The van der Waals surface area contributed by atoms with Gasteiger partial charge in [0.15, 0.2) is 10.9 Å². The molecule has 2 N–H and O–H groups in total. The molecule has 2 rings (SSSR count). The standard InChI is InChI=1S/C12H10N2O5S2/c1-7(15)10-6-20-12(13-10)14-21(18,19)9-4-2-8(3-5-9)11(16)17/h2-6H,1H3,(H,13,14)(H,16,17). The molecule has 9 heteroatoms. The Labute approximate surface area is 124 Å². The molecule has 0 atom stereocenters. The number of nitrogens with zero attached hydrogens (tertiary/aromatic N) is 1. The van der Waals surface area contributed by atoms with Gasteiger partial charge in [0.1, 0.15) is 5.69 Å². The second-order valence-electron chi connectivity index (χ2n) is 4.03. The predicted molar refractivity (Wildman–Crippen MR) is 76.3 cm³/mol. The lowest BCUT2D eigenvalue weighted by Crippen LogP contribution is -2.13. The second-order valence-corrected chi connectivity index (χ2v) is 6.57. The summed E-state index contributed by atoms with van der Waals surface area (Å²) >= 11 is 0.991. The third-order valence-electron chi connectivity index (χ3n) is 2.50. The van der Waals surface area contributed by atoms with Crippen molar-refractivity contribution < 1.29 is 23.1 Å². The Morgan fingerprint density at radius 1 is 1.24 bits per heavy atom. The summed E-state index contributed by atoms with van der Waals surface area (Å²) in [4.78, 5) is 25.6. The zero-order chi connectivity index (χ0) is 15.6. The van der Waals surface area contributed by atoms with E-state index in [1.165, 1.54) is 36.6 Å². The van der Waals surface area contributed by atoms with Gasteiger partial charge in [-0.05, 0) is 24.3 Å². The molecule has 2 aromatic rings. The van der Waals surface area contributed by atoms with Gasteiger partial charge in [0.25, 0.3) is 10.0 Å². The number of carbonyl (C=O) groups excluding carboxylic acids is 1. The molecule has 0 saturated heterocycles. The highest BCUT2D eigenvalue weighted by Crippen LogP contribution is 2.20. The average molecular weight is 326 g/mol. The van der Waals surface area contributed by atoms with E-state index < -0.39 is 16.0 Å². The number of thiazole rings is 1. The number of anilines is 1. The normalized spacial score (nSPS) is 11.1. The van der Waals surface area contributed by atoms with Crippen LogP contribution in [0, 0.1) is 0 Å². The number of hydrogen-bond acceptors (Lipinski definition) is 6. The van der Waals surface area contributed by atoms with Crippen LogP contribution in [-0.2, 0) is 10.0 Å². The highest BCUT2D eigenvalue weighted by Gasteiger charge is 2.17. The van der Waals surface area contributed by atoms with Gasteiger partial charge in [-0.2, -0.15) is 0 Å². The van der Waals surface area contributed by atoms with Crippen molar-refractivity contribution in [3.8, 4) is 0 Å². The summed E-state index contributed by atoms with van der Waals surface area (Å²) in [5.41, 5.74) is 0.168. The minimum atomic E-state index is -3.87. The van der Waals surface area contributed by atoms with Crippen molar-refractivity contribution >= 4 is 38.2 Å². The van der Waals surface area contributed by atoms with Crippen LogP contribution in [0.25, 0.3) is 0 Å². The lowest BCUT2D eigenvalue weighted by Gasteiger charge is -2.05. The number of rotatable bonds is 5. The smallest absolute Gasteiger partial charge is 0.335 e. The van der Waals surface area contributed by atoms with Crippen molar-refractivity contribution in [3.63, 3.8) is 0 Å². The highest BCUT2D eigenvalue weighted by atomic mass is 32.2. The van der Waals surface area contributed by atoms with Crippen LogP contribution in [0.4, 0.5) is 5.13 Å². The van der Waals surface area contributed by atoms with Crippen LogP contribution in [0.15, 0.2) is 34.5 Å². The van der Waals surface area contributed by atoms with E-state index in [1.54, 1.807) is 0 Å². The van der Waals surface area contributed by atoms with Crippen LogP contribution in [-0.4, -0.2) is 30.3 Å². The maximum Gasteiger partial charge on any atom is 0.335 e. The molecule has 0 aliphatic carbocycles. The van der Waals surface area contributed by atoms with E-state index in [1.807, 2.05) is 0 Å². The van der Waals surface area contributed by atoms with Gasteiger partial charge >= 0.3 is 5.97 Å². The maximum atomic E-state index is 12.1. The maximum absolute atomic E-state index is 12.1. The molecule has 21 heavy (non-hydrogen) atoms. The number of carboxylic acid groups (broad SMARTS) is 1. The van der Waals surface area contributed by atoms with Crippen LogP contribution in [0.3, 0.4) is 0 Å². The Hall–Kier alpha value is -2.26. The van der Waals surface area contributed by atoms with Crippen LogP contribution in [0.2, 0.25) is 0 Å². The van der Waals surface area contributed by atoms with Crippen molar-refractivity contribution in [2.24, 2.45) is 0 Å². The lowest BCUT2D eigenvalue weighted by atomic mass is 10.2. The Morgan fingerprint density at radius 2 is 1.86 bits per heavy atom. The molecule has 0 aliphatic rings. The molecule has 0 bridgehead atoms. The van der Waals surface area contributed by atoms with Crippen LogP contribution < -0.4 is 4.72 Å². The van der Waals surface area contributed by atoms with E-state index in [0.717, 1.165) is 11.3 Å². The molecule has 0 radical (unpaired) electrons. The van der Waals surface area contributed by atoms with Gasteiger partial charge in [-0.15, -0.1) is 11.3 Å². The zero-order valence-corrected chi connectivity index (χ0v) is 12.4. The van der Waals surface area contributed by atoms with Gasteiger partial charge in [0.05, 0.1) is 10.5 Å². The van der Waals surface area contributed by atoms with Crippen molar-refractivity contribution in [2.75, 3.05) is 4.72 Å². The fourth-order valence-corrected chi connectivity index (χ4v) is 3.44. The largest absolute Gasteiger partial charge is 0.478 e.